The monoisotopic (exact) mass is 379 g/mol. The van der Waals surface area contributed by atoms with Crippen LogP contribution in [0.1, 0.15) is 22.6 Å². The highest BCUT2D eigenvalue weighted by molar-refractivity contribution is 9.10. The first kappa shape index (κ1) is 15.0. The lowest BCUT2D eigenvalue weighted by Gasteiger charge is -2.32. The zero-order valence-corrected chi connectivity index (χ0v) is 14.5. The number of fused-ring (bicyclic) bond motifs is 2. The van der Waals surface area contributed by atoms with Crippen molar-refractivity contribution in [2.45, 2.75) is 19.1 Å². The molecule has 2 aliphatic rings. The Morgan fingerprint density at radius 1 is 1.25 bits per heavy atom. The van der Waals surface area contributed by atoms with Crippen LogP contribution in [-0.2, 0) is 0 Å². The Kier molecular flexibility index (Phi) is 3.43. The van der Waals surface area contributed by atoms with Crippen molar-refractivity contribution in [3.63, 3.8) is 0 Å². The molecule has 0 bridgehead atoms. The average molecular weight is 380 g/mol. The Balaban J connectivity index is 2.00. The number of nitrogens with zero attached hydrogens (tertiary/aromatic N) is 2. The molecule has 4 rings (SSSR count). The summed E-state index contributed by atoms with van der Waals surface area (Å²) in [5.41, 5.74) is 10.4. The summed E-state index contributed by atoms with van der Waals surface area (Å²) >= 11 is 3.53. The molecule has 0 spiro atoms. The minimum absolute atomic E-state index is 0.101. The van der Waals surface area contributed by atoms with Gasteiger partial charge in [-0.05, 0) is 36.2 Å². The highest BCUT2D eigenvalue weighted by Gasteiger charge is 2.40. The van der Waals surface area contributed by atoms with Crippen LogP contribution in [0.2, 0.25) is 0 Å². The van der Waals surface area contributed by atoms with Gasteiger partial charge in [-0.3, -0.25) is 0 Å². The van der Waals surface area contributed by atoms with Gasteiger partial charge in [0.25, 0.3) is 0 Å². The maximum Gasteiger partial charge on any atom is 0.216 e. The molecule has 2 heterocycles. The van der Waals surface area contributed by atoms with Gasteiger partial charge >= 0.3 is 0 Å². The standard InChI is InChI=1S/C19H14BrN3O/c1-10-5-6-13-15(7-10)24-19-17(14(9-21)18(22)23-19)16(13)11-3-2-4-12(20)8-11/h2-8,16,19H,1H3,(H2,22,23). The van der Waals surface area contributed by atoms with Crippen LogP contribution in [0.25, 0.3) is 0 Å². The van der Waals surface area contributed by atoms with Crippen LogP contribution in [0.5, 0.6) is 5.75 Å². The molecule has 2 aromatic carbocycles. The van der Waals surface area contributed by atoms with Gasteiger partial charge in [-0.1, -0.05) is 40.2 Å². The number of rotatable bonds is 1. The zero-order chi connectivity index (χ0) is 16.8. The van der Waals surface area contributed by atoms with Crippen molar-refractivity contribution < 1.29 is 4.74 Å². The van der Waals surface area contributed by atoms with Crippen LogP contribution in [0, 0.1) is 18.3 Å². The number of hydrogen-bond acceptors (Lipinski definition) is 4. The molecule has 0 aromatic heterocycles. The van der Waals surface area contributed by atoms with E-state index < -0.39 is 6.23 Å². The molecule has 2 aliphatic heterocycles. The summed E-state index contributed by atoms with van der Waals surface area (Å²) in [5.74, 6) is 0.947. The topological polar surface area (TPSA) is 71.4 Å². The van der Waals surface area contributed by atoms with Gasteiger partial charge in [0.1, 0.15) is 17.7 Å². The van der Waals surface area contributed by atoms with Crippen LogP contribution in [0.15, 0.2) is 63.1 Å². The lowest BCUT2D eigenvalue weighted by Crippen LogP contribution is -2.26. The fourth-order valence-electron chi connectivity index (χ4n) is 3.35. The number of nitrogens with two attached hydrogens (primary N) is 1. The highest BCUT2D eigenvalue weighted by atomic mass is 79.9. The minimum atomic E-state index is -0.530. The highest BCUT2D eigenvalue weighted by Crippen LogP contribution is 2.47. The van der Waals surface area contributed by atoms with Crippen molar-refractivity contribution in [3.05, 3.63) is 74.8 Å². The first-order chi connectivity index (χ1) is 11.6. The summed E-state index contributed by atoms with van der Waals surface area (Å²) in [4.78, 5) is 4.35. The van der Waals surface area contributed by atoms with E-state index in [0.29, 0.717) is 5.57 Å². The van der Waals surface area contributed by atoms with E-state index in [1.165, 1.54) is 0 Å². The third kappa shape index (κ3) is 2.22. The van der Waals surface area contributed by atoms with E-state index in [-0.39, 0.29) is 11.8 Å². The third-order valence-electron chi connectivity index (χ3n) is 4.39. The van der Waals surface area contributed by atoms with Gasteiger partial charge in [0.05, 0.1) is 5.57 Å². The van der Waals surface area contributed by atoms with E-state index in [9.17, 15) is 5.26 Å². The smallest absolute Gasteiger partial charge is 0.216 e. The van der Waals surface area contributed by atoms with Crippen molar-refractivity contribution in [2.24, 2.45) is 10.7 Å². The van der Waals surface area contributed by atoms with E-state index in [4.69, 9.17) is 10.5 Å². The summed E-state index contributed by atoms with van der Waals surface area (Å²) < 4.78 is 7.02. The number of benzene rings is 2. The number of nitriles is 1. The Hall–Kier alpha value is -2.58. The van der Waals surface area contributed by atoms with Crippen molar-refractivity contribution in [1.29, 1.82) is 5.26 Å². The van der Waals surface area contributed by atoms with E-state index in [1.807, 2.05) is 25.1 Å². The molecule has 2 aromatic rings. The summed E-state index contributed by atoms with van der Waals surface area (Å²) in [5, 5.41) is 9.55. The molecular weight excluding hydrogens is 366 g/mol. The molecule has 4 nitrogen and oxygen atoms in total. The number of hydrogen-bond donors (Lipinski definition) is 1. The molecule has 2 unspecified atom stereocenters. The summed E-state index contributed by atoms with van der Waals surface area (Å²) in [7, 11) is 0. The van der Waals surface area contributed by atoms with Gasteiger partial charge in [0.15, 0.2) is 0 Å². The lowest BCUT2D eigenvalue weighted by molar-refractivity contribution is 0.227. The molecule has 2 atom stereocenters. The van der Waals surface area contributed by atoms with Gasteiger partial charge in [-0.2, -0.15) is 5.26 Å². The normalized spacial score (nSPS) is 21.5. The summed E-state index contributed by atoms with van der Waals surface area (Å²) in [6, 6.07) is 16.4. The molecular formula is C19H14BrN3O. The maximum absolute atomic E-state index is 9.55. The number of halogens is 1. The quantitative estimate of drug-likeness (QED) is 0.818. The number of ether oxygens (including phenoxy) is 1. The second-order valence-electron chi connectivity index (χ2n) is 5.96. The molecule has 118 valence electrons. The van der Waals surface area contributed by atoms with Crippen LogP contribution in [0.3, 0.4) is 0 Å². The van der Waals surface area contributed by atoms with E-state index >= 15 is 0 Å². The van der Waals surface area contributed by atoms with Crippen molar-refractivity contribution in [2.75, 3.05) is 0 Å². The van der Waals surface area contributed by atoms with Gasteiger partial charge in [0.2, 0.25) is 6.23 Å². The second kappa shape index (κ2) is 5.50. The minimum Gasteiger partial charge on any atom is -0.464 e. The van der Waals surface area contributed by atoms with Crippen molar-refractivity contribution in [3.8, 4) is 11.8 Å². The Morgan fingerprint density at radius 3 is 2.83 bits per heavy atom. The molecule has 0 saturated heterocycles. The molecule has 0 amide bonds. The van der Waals surface area contributed by atoms with E-state index in [2.05, 4.69) is 51.3 Å². The summed E-state index contributed by atoms with van der Waals surface area (Å²) in [6.07, 6.45) is -0.530. The molecule has 0 fully saturated rings. The largest absolute Gasteiger partial charge is 0.464 e. The van der Waals surface area contributed by atoms with E-state index in [0.717, 1.165) is 32.5 Å². The Bertz CT molecular complexity index is 955. The first-order valence-corrected chi connectivity index (χ1v) is 8.38. The molecule has 24 heavy (non-hydrogen) atoms. The fourth-order valence-corrected chi connectivity index (χ4v) is 3.76. The SMILES string of the molecule is Cc1ccc2c(c1)OC1N=C(N)C(C#N)=C1C2c1cccc(Br)c1. The summed E-state index contributed by atoms with van der Waals surface area (Å²) in [6.45, 7) is 2.02. The van der Waals surface area contributed by atoms with E-state index in [1.54, 1.807) is 0 Å². The van der Waals surface area contributed by atoms with Crippen LogP contribution in [-0.4, -0.2) is 12.1 Å². The average Bonchev–Trinajstić information content (AvgIpc) is 2.86. The Labute approximate surface area is 148 Å². The van der Waals surface area contributed by atoms with Crippen molar-refractivity contribution in [1.82, 2.24) is 0 Å². The fraction of sp³-hybridized carbons (Fsp3) is 0.158. The predicted molar refractivity (Wildman–Crippen MR) is 95.8 cm³/mol. The first-order valence-electron chi connectivity index (χ1n) is 7.59. The number of aliphatic imine (C=N–C) groups is 1. The number of aryl methyl sites for hydroxylation is 1. The Morgan fingerprint density at radius 2 is 2.08 bits per heavy atom. The molecule has 0 aliphatic carbocycles. The zero-order valence-electron chi connectivity index (χ0n) is 13.0. The third-order valence-corrected chi connectivity index (χ3v) is 4.88. The number of amidine groups is 1. The van der Waals surface area contributed by atoms with Crippen LogP contribution in [0.4, 0.5) is 0 Å². The van der Waals surface area contributed by atoms with Crippen molar-refractivity contribution >= 4 is 21.8 Å². The molecule has 0 saturated carbocycles. The van der Waals surface area contributed by atoms with Crippen LogP contribution < -0.4 is 10.5 Å². The maximum atomic E-state index is 9.55. The van der Waals surface area contributed by atoms with Gasteiger partial charge in [0, 0.05) is 21.5 Å². The second-order valence-corrected chi connectivity index (χ2v) is 6.87. The molecule has 0 radical (unpaired) electrons. The van der Waals surface area contributed by atoms with Gasteiger partial charge in [-0.15, -0.1) is 0 Å². The van der Waals surface area contributed by atoms with Gasteiger partial charge < -0.3 is 10.5 Å². The van der Waals surface area contributed by atoms with Crippen LogP contribution >= 0.6 is 15.9 Å². The lowest BCUT2D eigenvalue weighted by atomic mass is 9.80. The van der Waals surface area contributed by atoms with Gasteiger partial charge in [-0.25, -0.2) is 4.99 Å². The molecule has 2 N–H and O–H groups in total. The molecule has 5 heteroatoms. The predicted octanol–water partition coefficient (Wildman–Crippen LogP) is 3.80.